The third kappa shape index (κ3) is 7.54. The summed E-state index contributed by atoms with van der Waals surface area (Å²) in [6.45, 7) is 0. The molecule has 4 aromatic rings. The number of hydrogen-bond acceptors (Lipinski definition) is 0. The normalized spacial score (nSPS) is 8.96. The molecule has 0 nitrogen and oxygen atoms in total. The van der Waals surface area contributed by atoms with Crippen LogP contribution < -0.4 is 24.8 Å². The molecule has 27 heavy (non-hydrogen) atoms. The van der Waals surface area contributed by atoms with Crippen LogP contribution in [0.3, 0.4) is 0 Å². The molecule has 0 saturated heterocycles. The van der Waals surface area contributed by atoms with Gasteiger partial charge in [-0.15, -0.1) is 47.5 Å². The van der Waals surface area contributed by atoms with Gasteiger partial charge < -0.3 is 24.8 Å². The summed E-state index contributed by atoms with van der Waals surface area (Å²) in [5, 5.41) is 0. The van der Waals surface area contributed by atoms with E-state index in [1.807, 2.05) is 60.7 Å². The van der Waals surface area contributed by atoms with E-state index in [0.29, 0.717) is 0 Å². The topological polar surface area (TPSA) is 0 Å². The summed E-state index contributed by atoms with van der Waals surface area (Å²) in [5.41, 5.74) is 3.99. The van der Waals surface area contributed by atoms with Crippen LogP contribution in [0.5, 0.6) is 0 Å². The molecule has 0 aliphatic rings. The first-order valence-electron chi connectivity index (χ1n) is 7.68. The molecule has 0 amide bonds. The van der Waals surface area contributed by atoms with Crippen LogP contribution >= 0.6 is 0 Å². The standard InChI is InChI=1S/2C11H8F.2ClH.Zr/c2*12-11-7-3-6-10(8-11)9-4-1-2-5-9;;;/h2*1-8H;2*1H;/q2*-1;;;+4/p-2. The van der Waals surface area contributed by atoms with Crippen LogP contribution in [0, 0.1) is 11.6 Å². The molecular weight excluding hydrogens is 464 g/mol. The van der Waals surface area contributed by atoms with Crippen molar-refractivity contribution in [1.29, 1.82) is 0 Å². The Bertz CT molecular complexity index is 813. The SMILES string of the molecule is Fc1cccc(-[c-]2cccc2)c1.Fc1cccc(-[c-]2cccc2)c1.[Cl-].[Cl-].[Zr+4]. The third-order valence-corrected chi connectivity index (χ3v) is 3.64. The molecule has 0 N–H and O–H groups in total. The molecule has 4 rings (SSSR count). The van der Waals surface area contributed by atoms with Crippen LogP contribution in [-0.4, -0.2) is 0 Å². The van der Waals surface area contributed by atoms with Crippen molar-refractivity contribution in [1.82, 2.24) is 0 Å². The Morgan fingerprint density at radius 1 is 0.519 bits per heavy atom. The predicted molar refractivity (Wildman–Crippen MR) is 94.9 cm³/mol. The largest absolute Gasteiger partial charge is 4.00 e. The zero-order valence-electron chi connectivity index (χ0n) is 14.2. The fourth-order valence-corrected chi connectivity index (χ4v) is 2.47. The van der Waals surface area contributed by atoms with E-state index in [2.05, 4.69) is 0 Å². The van der Waals surface area contributed by atoms with E-state index in [1.54, 1.807) is 12.1 Å². The van der Waals surface area contributed by atoms with Crippen molar-refractivity contribution in [3.8, 4) is 22.3 Å². The fourth-order valence-electron chi connectivity index (χ4n) is 2.47. The fraction of sp³-hybridized carbons (Fsp3) is 0. The van der Waals surface area contributed by atoms with Gasteiger partial charge in [0.25, 0.3) is 0 Å². The van der Waals surface area contributed by atoms with Crippen molar-refractivity contribution in [3.05, 3.63) is 109 Å². The van der Waals surface area contributed by atoms with Crippen LogP contribution in [0.1, 0.15) is 0 Å². The Balaban J connectivity index is 0.000000451. The van der Waals surface area contributed by atoms with Crippen LogP contribution in [0.15, 0.2) is 97.1 Å². The molecule has 0 aromatic heterocycles. The van der Waals surface area contributed by atoms with E-state index >= 15 is 0 Å². The van der Waals surface area contributed by atoms with E-state index < -0.39 is 0 Å². The maximum absolute atomic E-state index is 12.8. The molecular formula is C22H16Cl2F2Zr. The Hall–Kier alpha value is -1.54. The maximum Gasteiger partial charge on any atom is 4.00 e. The molecule has 0 bridgehead atoms. The van der Waals surface area contributed by atoms with Gasteiger partial charge in [0.15, 0.2) is 0 Å². The Morgan fingerprint density at radius 3 is 1.15 bits per heavy atom. The van der Waals surface area contributed by atoms with Gasteiger partial charge in [-0.1, -0.05) is 35.4 Å². The van der Waals surface area contributed by atoms with Crippen molar-refractivity contribution in [2.24, 2.45) is 0 Å². The van der Waals surface area contributed by atoms with Crippen molar-refractivity contribution < 1.29 is 59.8 Å². The van der Waals surface area contributed by atoms with Gasteiger partial charge in [-0.2, -0.15) is 24.3 Å². The molecule has 0 aliphatic carbocycles. The molecule has 0 radical (unpaired) electrons. The van der Waals surface area contributed by atoms with Gasteiger partial charge >= 0.3 is 26.2 Å². The maximum atomic E-state index is 12.8. The molecule has 0 unspecified atom stereocenters. The van der Waals surface area contributed by atoms with Gasteiger partial charge in [-0.3, -0.25) is 0 Å². The summed E-state index contributed by atoms with van der Waals surface area (Å²) >= 11 is 0. The Morgan fingerprint density at radius 2 is 0.852 bits per heavy atom. The van der Waals surface area contributed by atoms with Crippen LogP contribution in [0.2, 0.25) is 0 Å². The quantitative estimate of drug-likeness (QED) is 0.365. The van der Waals surface area contributed by atoms with Crippen molar-refractivity contribution in [2.75, 3.05) is 0 Å². The molecule has 0 saturated carbocycles. The molecule has 5 heteroatoms. The minimum Gasteiger partial charge on any atom is -1.00 e. The van der Waals surface area contributed by atoms with Gasteiger partial charge in [0.05, 0.1) is 11.6 Å². The molecule has 0 atom stereocenters. The van der Waals surface area contributed by atoms with E-state index in [-0.39, 0.29) is 62.7 Å². The third-order valence-electron chi connectivity index (χ3n) is 3.64. The second-order valence-corrected chi connectivity index (χ2v) is 5.37. The molecule has 0 heterocycles. The zero-order chi connectivity index (χ0) is 16.8. The summed E-state index contributed by atoms with van der Waals surface area (Å²) in [7, 11) is 0. The van der Waals surface area contributed by atoms with Crippen molar-refractivity contribution >= 4 is 0 Å². The monoisotopic (exact) mass is 478 g/mol. The zero-order valence-corrected chi connectivity index (χ0v) is 18.2. The minimum absolute atomic E-state index is 0. The molecule has 136 valence electrons. The van der Waals surface area contributed by atoms with E-state index in [0.717, 1.165) is 22.3 Å². The van der Waals surface area contributed by atoms with Gasteiger partial charge in [-0.25, -0.2) is 8.78 Å². The van der Waals surface area contributed by atoms with E-state index in [1.165, 1.54) is 24.3 Å². The summed E-state index contributed by atoms with van der Waals surface area (Å²) in [6, 6.07) is 28.9. The summed E-state index contributed by atoms with van der Waals surface area (Å²) in [4.78, 5) is 0. The van der Waals surface area contributed by atoms with E-state index in [9.17, 15) is 8.78 Å². The Labute approximate surface area is 189 Å². The summed E-state index contributed by atoms with van der Waals surface area (Å²) in [5.74, 6) is -0.373. The smallest absolute Gasteiger partial charge is 1.00 e. The van der Waals surface area contributed by atoms with Gasteiger partial charge in [0.1, 0.15) is 0 Å². The van der Waals surface area contributed by atoms with Crippen LogP contribution in [-0.2, 0) is 26.2 Å². The first-order chi connectivity index (χ1) is 11.7. The molecule has 0 fully saturated rings. The average Bonchev–Trinajstić information content (AvgIpc) is 3.29. The van der Waals surface area contributed by atoms with Gasteiger partial charge in [-0.05, 0) is 12.1 Å². The van der Waals surface area contributed by atoms with Crippen molar-refractivity contribution in [3.63, 3.8) is 0 Å². The van der Waals surface area contributed by atoms with Crippen LogP contribution in [0.4, 0.5) is 8.78 Å². The summed E-state index contributed by atoms with van der Waals surface area (Å²) in [6.07, 6.45) is 0. The van der Waals surface area contributed by atoms with Gasteiger partial charge in [0.2, 0.25) is 0 Å². The number of halogens is 4. The number of rotatable bonds is 2. The van der Waals surface area contributed by atoms with Gasteiger partial charge in [0, 0.05) is 0 Å². The van der Waals surface area contributed by atoms with E-state index in [4.69, 9.17) is 0 Å². The summed E-state index contributed by atoms with van der Waals surface area (Å²) < 4.78 is 25.5. The van der Waals surface area contributed by atoms with Crippen molar-refractivity contribution in [2.45, 2.75) is 0 Å². The second-order valence-electron chi connectivity index (χ2n) is 5.37. The molecule has 0 spiro atoms. The predicted octanol–water partition coefficient (Wildman–Crippen LogP) is 0.429. The first kappa shape index (κ1) is 25.5. The average molecular weight is 480 g/mol. The first-order valence-corrected chi connectivity index (χ1v) is 7.68. The minimum atomic E-state index is -0.186. The number of benzene rings is 2. The number of hydrogen-bond donors (Lipinski definition) is 0. The van der Waals surface area contributed by atoms with Crippen LogP contribution in [0.25, 0.3) is 22.3 Å². The molecule has 0 aliphatic heterocycles. The Kier molecular flexibility index (Phi) is 12.1. The molecule has 4 aromatic carbocycles. The second kappa shape index (κ2) is 12.8.